The Morgan fingerprint density at radius 3 is 2.02 bits per heavy atom. The van der Waals surface area contributed by atoms with Crippen molar-refractivity contribution in [3.63, 3.8) is 0 Å². The fraction of sp³-hybridized carbons (Fsp3) is 0.271. The first-order valence-electron chi connectivity index (χ1n) is 18.9. The van der Waals surface area contributed by atoms with Crippen molar-refractivity contribution in [1.29, 1.82) is 0 Å². The van der Waals surface area contributed by atoms with Gasteiger partial charge in [0, 0.05) is 40.5 Å². The fourth-order valence-corrected chi connectivity index (χ4v) is 7.61. The summed E-state index contributed by atoms with van der Waals surface area (Å²) in [6, 6.07) is 43.8. The molecule has 0 N–H and O–H groups in total. The van der Waals surface area contributed by atoms with E-state index in [-0.39, 0.29) is 10.8 Å². The zero-order chi connectivity index (χ0) is 37.1. The Hall–Kier alpha value is -5.55. The average molecular weight is 699 g/mol. The molecule has 8 rings (SSSR count). The summed E-state index contributed by atoms with van der Waals surface area (Å²) in [6.07, 6.45) is 2.95. The van der Waals surface area contributed by atoms with Gasteiger partial charge >= 0.3 is 0 Å². The van der Waals surface area contributed by atoms with Gasteiger partial charge in [0.1, 0.15) is 24.0 Å². The number of benzene rings is 5. The van der Waals surface area contributed by atoms with Crippen LogP contribution in [0.1, 0.15) is 72.1 Å². The molecule has 0 saturated carbocycles. The van der Waals surface area contributed by atoms with E-state index >= 15 is 0 Å². The molecule has 0 fully saturated rings. The molecule has 5 aromatic carbocycles. The predicted octanol–water partition coefficient (Wildman–Crippen LogP) is 13.0. The molecule has 0 radical (unpaired) electrons. The van der Waals surface area contributed by atoms with Gasteiger partial charge in [-0.15, -0.1) is 0 Å². The highest BCUT2D eigenvalue weighted by molar-refractivity contribution is 6.09. The molecule has 0 aliphatic carbocycles. The van der Waals surface area contributed by atoms with E-state index in [1.165, 1.54) is 44.5 Å². The molecular formula is C48H50N4O. The lowest BCUT2D eigenvalue weighted by molar-refractivity contribution is 0.479. The molecular weight excluding hydrogens is 649 g/mol. The van der Waals surface area contributed by atoms with Crippen molar-refractivity contribution in [3.8, 4) is 17.3 Å². The standard InChI is InChI=1S/C48H50N4O/c1-32(2)24-33-22-23-49-46(25-33)52-42-17-10-9-16-40(42)41-21-20-38(30-45(41)52)53-39-28-35(48(6,7)8)27-37(29-39)51-31-50(43-18-11-12-19-44(43)51)36-15-13-14-34(26-36)47(3,4)5/h9-23,25-30,32H,24,31H2,1-8H3. The van der Waals surface area contributed by atoms with Crippen molar-refractivity contribution in [3.05, 3.63) is 144 Å². The molecule has 7 aromatic rings. The summed E-state index contributed by atoms with van der Waals surface area (Å²) in [4.78, 5) is 9.71. The summed E-state index contributed by atoms with van der Waals surface area (Å²) in [5.74, 6) is 3.10. The number of anilines is 4. The fourth-order valence-electron chi connectivity index (χ4n) is 7.61. The Balaban J connectivity index is 1.20. The number of ether oxygens (including phenoxy) is 1. The Kier molecular flexibility index (Phi) is 8.56. The van der Waals surface area contributed by atoms with E-state index in [4.69, 9.17) is 9.72 Å². The third-order valence-electron chi connectivity index (χ3n) is 10.4. The molecule has 53 heavy (non-hydrogen) atoms. The highest BCUT2D eigenvalue weighted by Crippen LogP contribution is 2.46. The van der Waals surface area contributed by atoms with Crippen molar-refractivity contribution < 1.29 is 4.74 Å². The second-order valence-corrected chi connectivity index (χ2v) is 17.0. The molecule has 3 heterocycles. The van der Waals surface area contributed by atoms with E-state index in [0.29, 0.717) is 12.6 Å². The topological polar surface area (TPSA) is 33.5 Å². The van der Waals surface area contributed by atoms with Gasteiger partial charge in [0.2, 0.25) is 0 Å². The van der Waals surface area contributed by atoms with Crippen molar-refractivity contribution in [1.82, 2.24) is 9.55 Å². The Labute approximate surface area is 314 Å². The van der Waals surface area contributed by atoms with Crippen molar-refractivity contribution in [2.45, 2.75) is 72.6 Å². The quantitative estimate of drug-likeness (QED) is 0.166. The van der Waals surface area contributed by atoms with Crippen LogP contribution in [0.15, 0.2) is 128 Å². The van der Waals surface area contributed by atoms with Crippen LogP contribution in [0.5, 0.6) is 11.5 Å². The van der Waals surface area contributed by atoms with Gasteiger partial charge in [-0.05, 0) is 107 Å². The first-order chi connectivity index (χ1) is 25.3. The minimum absolute atomic E-state index is 0.0634. The average Bonchev–Trinajstić information content (AvgIpc) is 3.67. The van der Waals surface area contributed by atoms with Gasteiger partial charge in [-0.1, -0.05) is 97.9 Å². The summed E-state index contributed by atoms with van der Waals surface area (Å²) >= 11 is 0. The van der Waals surface area contributed by atoms with Gasteiger partial charge < -0.3 is 14.5 Å². The third kappa shape index (κ3) is 6.65. The summed E-state index contributed by atoms with van der Waals surface area (Å²) in [6.45, 7) is 18.8. The molecule has 268 valence electrons. The summed E-state index contributed by atoms with van der Waals surface area (Å²) in [7, 11) is 0. The lowest BCUT2D eigenvalue weighted by Crippen LogP contribution is -2.25. The molecule has 0 amide bonds. The second kappa shape index (κ2) is 13.1. The SMILES string of the molecule is CC(C)Cc1ccnc(-n2c3ccccc3c3ccc(Oc4cc(N5CN(c6cccc(C(C)(C)C)c6)c6ccccc65)cc(C(C)(C)C)c4)cc32)c1. The minimum Gasteiger partial charge on any atom is -0.457 e. The summed E-state index contributed by atoms with van der Waals surface area (Å²) in [5, 5.41) is 2.38. The van der Waals surface area contributed by atoms with Gasteiger partial charge in [-0.25, -0.2) is 4.98 Å². The van der Waals surface area contributed by atoms with E-state index in [1.807, 2.05) is 6.20 Å². The molecule has 5 heteroatoms. The third-order valence-corrected chi connectivity index (χ3v) is 10.4. The van der Waals surface area contributed by atoms with Crippen LogP contribution in [0, 0.1) is 5.92 Å². The molecule has 0 saturated heterocycles. The Bertz CT molecular complexity index is 2460. The number of fused-ring (bicyclic) bond motifs is 4. The summed E-state index contributed by atoms with van der Waals surface area (Å²) < 4.78 is 9.14. The maximum atomic E-state index is 6.86. The molecule has 1 aliphatic heterocycles. The molecule has 0 bridgehead atoms. The van der Waals surface area contributed by atoms with Crippen LogP contribution >= 0.6 is 0 Å². The van der Waals surface area contributed by atoms with Crippen LogP contribution in [-0.4, -0.2) is 16.2 Å². The highest BCUT2D eigenvalue weighted by atomic mass is 16.5. The first-order valence-corrected chi connectivity index (χ1v) is 18.9. The van der Waals surface area contributed by atoms with Gasteiger partial charge in [0.15, 0.2) is 0 Å². The number of hydrogen-bond acceptors (Lipinski definition) is 4. The van der Waals surface area contributed by atoms with Crippen molar-refractivity contribution >= 4 is 44.6 Å². The number of aromatic nitrogens is 2. The van der Waals surface area contributed by atoms with E-state index in [9.17, 15) is 0 Å². The number of pyridine rings is 1. The van der Waals surface area contributed by atoms with E-state index < -0.39 is 0 Å². The van der Waals surface area contributed by atoms with Gasteiger partial charge in [-0.2, -0.15) is 0 Å². The van der Waals surface area contributed by atoms with Crippen molar-refractivity contribution in [2.75, 3.05) is 16.5 Å². The zero-order valence-electron chi connectivity index (χ0n) is 32.3. The second-order valence-electron chi connectivity index (χ2n) is 17.0. The van der Waals surface area contributed by atoms with Crippen molar-refractivity contribution in [2.24, 2.45) is 5.92 Å². The van der Waals surface area contributed by atoms with Gasteiger partial charge in [-0.3, -0.25) is 4.57 Å². The van der Waals surface area contributed by atoms with Crippen LogP contribution in [0.25, 0.3) is 27.6 Å². The predicted molar refractivity (Wildman–Crippen MR) is 223 cm³/mol. The maximum absolute atomic E-state index is 6.86. The lowest BCUT2D eigenvalue weighted by Gasteiger charge is -2.27. The zero-order valence-corrected chi connectivity index (χ0v) is 32.3. The largest absolute Gasteiger partial charge is 0.457 e. The minimum atomic E-state index is -0.0862. The maximum Gasteiger partial charge on any atom is 0.137 e. The molecule has 0 atom stereocenters. The number of rotatable bonds is 7. The normalized spacial score (nSPS) is 13.4. The van der Waals surface area contributed by atoms with Gasteiger partial charge in [0.05, 0.1) is 22.4 Å². The van der Waals surface area contributed by atoms with Crippen LogP contribution in [-0.2, 0) is 17.3 Å². The smallest absolute Gasteiger partial charge is 0.137 e. The van der Waals surface area contributed by atoms with Gasteiger partial charge in [0.25, 0.3) is 0 Å². The molecule has 2 aromatic heterocycles. The molecule has 0 spiro atoms. The highest BCUT2D eigenvalue weighted by Gasteiger charge is 2.30. The summed E-state index contributed by atoms with van der Waals surface area (Å²) in [5.41, 5.74) is 10.7. The molecule has 5 nitrogen and oxygen atoms in total. The lowest BCUT2D eigenvalue weighted by atomic mass is 9.86. The molecule has 1 aliphatic rings. The van der Waals surface area contributed by atoms with Crippen LogP contribution in [0.4, 0.5) is 22.7 Å². The monoisotopic (exact) mass is 698 g/mol. The Morgan fingerprint density at radius 2 is 1.28 bits per heavy atom. The van der Waals surface area contributed by atoms with E-state index in [0.717, 1.165) is 40.5 Å². The van der Waals surface area contributed by atoms with Crippen LogP contribution in [0.3, 0.4) is 0 Å². The first kappa shape index (κ1) is 34.5. The van der Waals surface area contributed by atoms with E-state index in [2.05, 4.69) is 191 Å². The van der Waals surface area contributed by atoms with Crippen LogP contribution in [0.2, 0.25) is 0 Å². The Morgan fingerprint density at radius 1 is 0.604 bits per heavy atom. The van der Waals surface area contributed by atoms with E-state index in [1.54, 1.807) is 0 Å². The molecule has 0 unspecified atom stereocenters. The number of hydrogen-bond donors (Lipinski definition) is 0. The number of nitrogens with zero attached hydrogens (tertiary/aromatic N) is 4. The number of para-hydroxylation sites is 3. The van der Waals surface area contributed by atoms with Crippen LogP contribution < -0.4 is 14.5 Å².